The number of primary amides is 1. The lowest BCUT2D eigenvalue weighted by Crippen LogP contribution is -2.43. The summed E-state index contributed by atoms with van der Waals surface area (Å²) in [5.74, 6) is 0.266. The van der Waals surface area contributed by atoms with E-state index < -0.39 is 6.03 Å². The number of rotatable bonds is 4. The zero-order valence-corrected chi connectivity index (χ0v) is 13.9. The van der Waals surface area contributed by atoms with E-state index in [2.05, 4.69) is 4.98 Å². The predicted molar refractivity (Wildman–Crippen MR) is 94.5 cm³/mol. The van der Waals surface area contributed by atoms with Crippen molar-refractivity contribution in [3.05, 3.63) is 30.1 Å². The molecule has 5 N–H and O–H groups in total. The number of Topliss-reactive ketones (excluding diaryl/α,β-unsaturated/α-hetero) is 1. The Balaban J connectivity index is 1.73. The molecule has 2 aromatic rings. The minimum absolute atomic E-state index is 0.0755. The van der Waals surface area contributed by atoms with Crippen molar-refractivity contribution >= 4 is 28.8 Å². The molecule has 1 unspecified atom stereocenters. The van der Waals surface area contributed by atoms with Gasteiger partial charge in [-0.1, -0.05) is 12.1 Å². The van der Waals surface area contributed by atoms with Crippen LogP contribution in [0.25, 0.3) is 11.0 Å². The van der Waals surface area contributed by atoms with Crippen LogP contribution < -0.4 is 11.5 Å². The van der Waals surface area contributed by atoms with E-state index in [1.165, 1.54) is 4.57 Å². The second kappa shape index (κ2) is 6.92. The van der Waals surface area contributed by atoms with Gasteiger partial charge >= 0.3 is 6.03 Å². The van der Waals surface area contributed by atoms with Gasteiger partial charge in [0.05, 0.1) is 11.0 Å². The second-order valence-corrected chi connectivity index (χ2v) is 6.40. The average molecular weight is 342 g/mol. The van der Waals surface area contributed by atoms with Gasteiger partial charge in [0.15, 0.2) is 17.6 Å². The van der Waals surface area contributed by atoms with Gasteiger partial charge in [-0.3, -0.25) is 10.2 Å². The number of nitrogens with one attached hydrogen (secondary N) is 1. The van der Waals surface area contributed by atoms with Crippen LogP contribution in [-0.4, -0.2) is 45.3 Å². The zero-order chi connectivity index (χ0) is 18.0. The summed E-state index contributed by atoms with van der Waals surface area (Å²) in [6, 6.07) is 6.33. The smallest absolute Gasteiger partial charge is 0.325 e. The minimum atomic E-state index is -0.711. The minimum Gasteiger partial charge on any atom is -0.370 e. The number of imidazole rings is 1. The molecule has 1 aromatic carbocycles. The van der Waals surface area contributed by atoms with Gasteiger partial charge in [0.25, 0.3) is 0 Å². The fraction of sp³-hybridized carbons (Fsp3) is 0.412. The molecule has 0 aliphatic carbocycles. The van der Waals surface area contributed by atoms with Gasteiger partial charge in [0, 0.05) is 19.5 Å². The molecule has 1 aliphatic rings. The highest BCUT2D eigenvalue weighted by molar-refractivity contribution is 6.01. The monoisotopic (exact) mass is 342 g/mol. The third-order valence-corrected chi connectivity index (χ3v) is 4.67. The SMILES string of the molecule is N=C(N)N1CCCC(CCC(=O)c2nc3ccccc3n2C(N)=O)C1. The number of carbonyl (C=O) groups excluding carboxylic acids is 2. The normalized spacial score (nSPS) is 17.6. The fourth-order valence-electron chi connectivity index (χ4n) is 3.40. The van der Waals surface area contributed by atoms with Crippen LogP contribution in [0.15, 0.2) is 24.3 Å². The molecule has 0 bridgehead atoms. The molecule has 132 valence electrons. The number of hydrogen-bond donors (Lipinski definition) is 3. The quantitative estimate of drug-likeness (QED) is 0.440. The Morgan fingerprint density at radius 3 is 2.76 bits per heavy atom. The van der Waals surface area contributed by atoms with E-state index in [9.17, 15) is 9.59 Å². The van der Waals surface area contributed by atoms with Crippen LogP contribution in [0.3, 0.4) is 0 Å². The largest absolute Gasteiger partial charge is 0.370 e. The number of piperidine rings is 1. The number of fused-ring (bicyclic) bond motifs is 1. The lowest BCUT2D eigenvalue weighted by atomic mass is 9.92. The highest BCUT2D eigenvalue weighted by Crippen LogP contribution is 2.23. The van der Waals surface area contributed by atoms with E-state index in [4.69, 9.17) is 16.9 Å². The van der Waals surface area contributed by atoms with Crippen molar-refractivity contribution in [3.8, 4) is 0 Å². The van der Waals surface area contributed by atoms with Crippen molar-refractivity contribution in [1.82, 2.24) is 14.5 Å². The van der Waals surface area contributed by atoms with Gasteiger partial charge < -0.3 is 16.4 Å². The summed E-state index contributed by atoms with van der Waals surface area (Å²) in [4.78, 5) is 30.5. The lowest BCUT2D eigenvalue weighted by molar-refractivity contribution is 0.0954. The van der Waals surface area contributed by atoms with Gasteiger partial charge in [-0.05, 0) is 37.3 Å². The first-order valence-corrected chi connectivity index (χ1v) is 8.37. The Hall–Kier alpha value is -2.90. The molecule has 2 heterocycles. The molecule has 1 fully saturated rings. The molecule has 0 radical (unpaired) electrons. The molecule has 0 spiro atoms. The molecular weight excluding hydrogens is 320 g/mol. The molecule has 1 amide bonds. The van der Waals surface area contributed by atoms with E-state index in [0.29, 0.717) is 29.9 Å². The number of nitrogens with zero attached hydrogens (tertiary/aromatic N) is 3. The van der Waals surface area contributed by atoms with Crippen molar-refractivity contribution in [2.75, 3.05) is 13.1 Å². The number of benzene rings is 1. The van der Waals surface area contributed by atoms with E-state index in [1.807, 2.05) is 4.90 Å². The Morgan fingerprint density at radius 2 is 2.04 bits per heavy atom. The van der Waals surface area contributed by atoms with Crippen LogP contribution in [0.2, 0.25) is 0 Å². The van der Waals surface area contributed by atoms with E-state index >= 15 is 0 Å². The van der Waals surface area contributed by atoms with Crippen molar-refractivity contribution in [3.63, 3.8) is 0 Å². The van der Waals surface area contributed by atoms with E-state index in [1.54, 1.807) is 24.3 Å². The molecular formula is C17H22N6O2. The van der Waals surface area contributed by atoms with Crippen molar-refractivity contribution in [2.24, 2.45) is 17.4 Å². The summed E-state index contributed by atoms with van der Waals surface area (Å²) in [6.07, 6.45) is 2.92. The second-order valence-electron chi connectivity index (χ2n) is 6.40. The summed E-state index contributed by atoms with van der Waals surface area (Å²) in [5, 5.41) is 7.54. The standard InChI is InChI=1S/C17H22N6O2/c18-16(19)22-9-3-4-11(10-22)7-8-14(24)15-21-12-5-1-2-6-13(12)23(15)17(20)25/h1-2,5-6,11H,3-4,7-10H2,(H3,18,19)(H2,20,25). The van der Waals surface area contributed by atoms with Crippen molar-refractivity contribution in [1.29, 1.82) is 5.41 Å². The van der Waals surface area contributed by atoms with Gasteiger partial charge in [-0.15, -0.1) is 0 Å². The van der Waals surface area contributed by atoms with Gasteiger partial charge in [-0.2, -0.15) is 0 Å². The first-order chi connectivity index (χ1) is 12.0. The zero-order valence-electron chi connectivity index (χ0n) is 13.9. The number of guanidine groups is 1. The third kappa shape index (κ3) is 3.47. The first kappa shape index (κ1) is 16.9. The van der Waals surface area contributed by atoms with Gasteiger partial charge in [0.2, 0.25) is 0 Å². The molecule has 1 saturated heterocycles. The van der Waals surface area contributed by atoms with Crippen LogP contribution in [0.5, 0.6) is 0 Å². The Bertz CT molecular complexity index is 828. The van der Waals surface area contributed by atoms with E-state index in [-0.39, 0.29) is 24.0 Å². The van der Waals surface area contributed by atoms with Crippen LogP contribution in [0.4, 0.5) is 4.79 Å². The van der Waals surface area contributed by atoms with Crippen molar-refractivity contribution in [2.45, 2.75) is 25.7 Å². The number of ketones is 1. The van der Waals surface area contributed by atoms with Crippen molar-refractivity contribution < 1.29 is 9.59 Å². The Morgan fingerprint density at radius 1 is 1.28 bits per heavy atom. The van der Waals surface area contributed by atoms with Crippen LogP contribution in [-0.2, 0) is 0 Å². The summed E-state index contributed by atoms with van der Waals surface area (Å²) in [7, 11) is 0. The number of aromatic nitrogens is 2. The van der Waals surface area contributed by atoms with Crippen LogP contribution in [0, 0.1) is 11.3 Å². The highest BCUT2D eigenvalue weighted by Gasteiger charge is 2.24. The summed E-state index contributed by atoms with van der Waals surface area (Å²) < 4.78 is 1.18. The van der Waals surface area contributed by atoms with Gasteiger partial charge in [-0.25, -0.2) is 14.3 Å². The maximum atomic E-state index is 12.6. The summed E-state index contributed by atoms with van der Waals surface area (Å²) >= 11 is 0. The maximum absolute atomic E-state index is 12.6. The lowest BCUT2D eigenvalue weighted by Gasteiger charge is -2.32. The number of amides is 1. The maximum Gasteiger partial charge on any atom is 0.325 e. The fourth-order valence-corrected chi connectivity index (χ4v) is 3.40. The number of para-hydroxylation sites is 2. The number of likely N-dealkylation sites (tertiary alicyclic amines) is 1. The molecule has 3 rings (SSSR count). The Labute approximate surface area is 145 Å². The third-order valence-electron chi connectivity index (χ3n) is 4.67. The first-order valence-electron chi connectivity index (χ1n) is 8.37. The van der Waals surface area contributed by atoms with Gasteiger partial charge in [0.1, 0.15) is 0 Å². The molecule has 1 aliphatic heterocycles. The summed E-state index contributed by atoms with van der Waals surface area (Å²) in [5.41, 5.74) is 12.1. The molecule has 8 heteroatoms. The molecule has 25 heavy (non-hydrogen) atoms. The molecule has 0 saturated carbocycles. The molecule has 1 atom stereocenters. The Kier molecular flexibility index (Phi) is 4.69. The van der Waals surface area contributed by atoms with E-state index in [0.717, 1.165) is 19.4 Å². The predicted octanol–water partition coefficient (Wildman–Crippen LogP) is 1.53. The molecule has 1 aromatic heterocycles. The van der Waals surface area contributed by atoms with Crippen LogP contribution >= 0.6 is 0 Å². The average Bonchev–Trinajstić information content (AvgIpc) is 2.99. The van der Waals surface area contributed by atoms with Crippen LogP contribution in [0.1, 0.15) is 36.3 Å². The number of hydrogen-bond acceptors (Lipinski definition) is 4. The number of nitrogens with two attached hydrogens (primary N) is 2. The molecule has 8 nitrogen and oxygen atoms in total. The topological polar surface area (TPSA) is 131 Å². The number of carbonyl (C=O) groups is 2. The summed E-state index contributed by atoms with van der Waals surface area (Å²) in [6.45, 7) is 1.48. The highest BCUT2D eigenvalue weighted by atomic mass is 16.2.